The van der Waals surface area contributed by atoms with Crippen molar-refractivity contribution in [3.63, 3.8) is 0 Å². The van der Waals surface area contributed by atoms with E-state index in [9.17, 15) is 14.7 Å². The fourth-order valence-electron chi connectivity index (χ4n) is 1.41. The summed E-state index contributed by atoms with van der Waals surface area (Å²) in [5, 5.41) is 18.7. The van der Waals surface area contributed by atoms with E-state index in [0.29, 0.717) is 5.02 Å². The van der Waals surface area contributed by atoms with Crippen LogP contribution in [0.5, 0.6) is 5.75 Å². The second-order valence-electron chi connectivity index (χ2n) is 3.17. The van der Waals surface area contributed by atoms with E-state index < -0.39 is 22.8 Å². The Morgan fingerprint density at radius 2 is 2.06 bits per heavy atom. The van der Waals surface area contributed by atoms with Crippen molar-refractivity contribution in [2.75, 3.05) is 0 Å². The number of aromatic amines is 1. The van der Waals surface area contributed by atoms with Crippen molar-refractivity contribution in [2.45, 2.75) is 0 Å². The van der Waals surface area contributed by atoms with Crippen LogP contribution in [0.4, 0.5) is 0 Å². The maximum atomic E-state index is 11.6. The third-order valence-electron chi connectivity index (χ3n) is 2.15. The molecule has 0 aliphatic carbocycles. The Hall–Kier alpha value is -2.01. The van der Waals surface area contributed by atoms with Crippen LogP contribution >= 0.6 is 11.6 Å². The Labute approximate surface area is 93.9 Å². The summed E-state index contributed by atoms with van der Waals surface area (Å²) in [6.45, 7) is 0. The van der Waals surface area contributed by atoms with Crippen molar-refractivity contribution in [3.8, 4) is 5.75 Å². The maximum Gasteiger partial charge on any atom is 0.356 e. The molecule has 0 bridgehead atoms. The molecule has 6 heteroatoms. The third kappa shape index (κ3) is 1.51. The number of aromatic hydroxyl groups is 1. The molecule has 16 heavy (non-hydrogen) atoms. The number of fused-ring (bicyclic) bond motifs is 1. The standard InChI is InChI=1S/C10H6ClNO4/c11-4-1-2-5-6(3-4)12-7(10(15)16)9(14)8(5)13/h1-3,14H,(H,12,13)(H,15,16). The van der Waals surface area contributed by atoms with Gasteiger partial charge in [-0.25, -0.2) is 4.79 Å². The summed E-state index contributed by atoms with van der Waals surface area (Å²) < 4.78 is 0. The number of H-pyrrole nitrogens is 1. The number of benzene rings is 1. The van der Waals surface area contributed by atoms with Gasteiger partial charge in [0.15, 0.2) is 11.4 Å². The number of halogens is 1. The Morgan fingerprint density at radius 1 is 1.38 bits per heavy atom. The summed E-state index contributed by atoms with van der Waals surface area (Å²) >= 11 is 5.71. The predicted octanol–water partition coefficient (Wildman–Crippen LogP) is 1.59. The molecule has 0 aliphatic rings. The SMILES string of the molecule is O=C(O)c1[nH]c2cc(Cl)ccc2c(=O)c1O. The molecule has 0 unspecified atom stereocenters. The maximum absolute atomic E-state index is 11.6. The Kier molecular flexibility index (Phi) is 2.32. The van der Waals surface area contributed by atoms with Gasteiger partial charge in [0.2, 0.25) is 5.43 Å². The Bertz CT molecular complexity index is 647. The van der Waals surface area contributed by atoms with E-state index in [-0.39, 0.29) is 10.9 Å². The van der Waals surface area contributed by atoms with Gasteiger partial charge in [-0.15, -0.1) is 0 Å². The zero-order valence-electron chi connectivity index (χ0n) is 7.82. The number of carbonyl (C=O) groups is 1. The average molecular weight is 240 g/mol. The van der Waals surface area contributed by atoms with Gasteiger partial charge in [-0.05, 0) is 18.2 Å². The number of pyridine rings is 1. The number of aromatic nitrogens is 1. The molecule has 1 aromatic carbocycles. The summed E-state index contributed by atoms with van der Waals surface area (Å²) in [5.74, 6) is -2.21. The fourth-order valence-corrected chi connectivity index (χ4v) is 1.58. The molecule has 0 aliphatic heterocycles. The highest BCUT2D eigenvalue weighted by Crippen LogP contribution is 2.19. The van der Waals surface area contributed by atoms with Crippen LogP contribution in [0.2, 0.25) is 5.02 Å². The smallest absolute Gasteiger partial charge is 0.356 e. The van der Waals surface area contributed by atoms with Gasteiger partial charge >= 0.3 is 5.97 Å². The molecule has 0 spiro atoms. The van der Waals surface area contributed by atoms with Crippen LogP contribution in [0.15, 0.2) is 23.0 Å². The number of aromatic carboxylic acids is 1. The first-order chi connectivity index (χ1) is 7.50. The lowest BCUT2D eigenvalue weighted by Crippen LogP contribution is -2.11. The van der Waals surface area contributed by atoms with E-state index in [4.69, 9.17) is 16.7 Å². The van der Waals surface area contributed by atoms with Crippen LogP contribution in [-0.4, -0.2) is 21.2 Å². The van der Waals surface area contributed by atoms with Gasteiger partial charge in [0, 0.05) is 10.4 Å². The van der Waals surface area contributed by atoms with Crippen LogP contribution < -0.4 is 5.43 Å². The molecule has 3 N–H and O–H groups in total. The number of rotatable bonds is 1. The number of hydrogen-bond acceptors (Lipinski definition) is 3. The highest BCUT2D eigenvalue weighted by molar-refractivity contribution is 6.31. The monoisotopic (exact) mass is 239 g/mol. The summed E-state index contributed by atoms with van der Waals surface area (Å²) in [4.78, 5) is 24.8. The predicted molar refractivity (Wildman–Crippen MR) is 58.2 cm³/mol. The van der Waals surface area contributed by atoms with E-state index in [0.717, 1.165) is 0 Å². The molecule has 0 saturated carbocycles. The number of carboxylic acids is 1. The highest BCUT2D eigenvalue weighted by Gasteiger charge is 2.16. The number of hydrogen-bond donors (Lipinski definition) is 3. The van der Waals surface area contributed by atoms with Crippen molar-refractivity contribution >= 4 is 28.5 Å². The summed E-state index contributed by atoms with van der Waals surface area (Å²) in [6.07, 6.45) is 0. The van der Waals surface area contributed by atoms with E-state index in [1.54, 1.807) is 0 Å². The first-order valence-electron chi connectivity index (χ1n) is 4.28. The molecule has 82 valence electrons. The lowest BCUT2D eigenvalue weighted by atomic mass is 10.2. The van der Waals surface area contributed by atoms with Gasteiger partial charge in [0.05, 0.1) is 5.52 Å². The van der Waals surface area contributed by atoms with Gasteiger partial charge in [-0.3, -0.25) is 4.79 Å². The molecule has 2 aromatic rings. The van der Waals surface area contributed by atoms with E-state index in [1.165, 1.54) is 18.2 Å². The average Bonchev–Trinajstić information content (AvgIpc) is 2.22. The molecule has 5 nitrogen and oxygen atoms in total. The minimum absolute atomic E-state index is 0.187. The lowest BCUT2D eigenvalue weighted by Gasteiger charge is -2.03. The lowest BCUT2D eigenvalue weighted by molar-refractivity contribution is 0.0687. The molecule has 0 radical (unpaired) electrons. The Morgan fingerprint density at radius 3 is 2.69 bits per heavy atom. The highest BCUT2D eigenvalue weighted by atomic mass is 35.5. The zero-order valence-corrected chi connectivity index (χ0v) is 8.58. The number of carboxylic acid groups (broad SMARTS) is 1. The van der Waals surface area contributed by atoms with Crippen molar-refractivity contribution in [2.24, 2.45) is 0 Å². The molecule has 1 heterocycles. The quantitative estimate of drug-likeness (QED) is 0.705. The van der Waals surface area contributed by atoms with Crippen molar-refractivity contribution in [1.82, 2.24) is 4.98 Å². The minimum Gasteiger partial charge on any atom is -0.502 e. The molecule has 0 amide bonds. The summed E-state index contributed by atoms with van der Waals surface area (Å²) in [5.41, 5.74) is -1.00. The van der Waals surface area contributed by atoms with Crippen LogP contribution in [0.3, 0.4) is 0 Å². The molecule has 1 aromatic heterocycles. The summed E-state index contributed by atoms with van der Waals surface area (Å²) in [6, 6.07) is 4.32. The van der Waals surface area contributed by atoms with Crippen molar-refractivity contribution < 1.29 is 15.0 Å². The first kappa shape index (κ1) is 10.5. The third-order valence-corrected chi connectivity index (χ3v) is 2.39. The summed E-state index contributed by atoms with van der Waals surface area (Å²) in [7, 11) is 0. The van der Waals surface area contributed by atoms with Crippen molar-refractivity contribution in [3.05, 3.63) is 39.1 Å². The molecule has 0 saturated heterocycles. The van der Waals surface area contributed by atoms with Crippen LogP contribution in [0, 0.1) is 0 Å². The van der Waals surface area contributed by atoms with Gasteiger partial charge in [-0.1, -0.05) is 11.6 Å². The molecule has 0 atom stereocenters. The van der Waals surface area contributed by atoms with Gasteiger partial charge in [0.1, 0.15) is 0 Å². The first-order valence-corrected chi connectivity index (χ1v) is 4.66. The van der Waals surface area contributed by atoms with Crippen LogP contribution in [-0.2, 0) is 0 Å². The van der Waals surface area contributed by atoms with Crippen LogP contribution in [0.25, 0.3) is 10.9 Å². The van der Waals surface area contributed by atoms with Gasteiger partial charge in [0.25, 0.3) is 0 Å². The molecular weight excluding hydrogens is 234 g/mol. The Balaban J connectivity index is 2.94. The largest absolute Gasteiger partial charge is 0.502 e. The second-order valence-corrected chi connectivity index (χ2v) is 3.61. The molecule has 0 fully saturated rings. The minimum atomic E-state index is -1.41. The van der Waals surface area contributed by atoms with Crippen LogP contribution in [0.1, 0.15) is 10.5 Å². The molecular formula is C10H6ClNO4. The van der Waals surface area contributed by atoms with Gasteiger partial charge in [-0.2, -0.15) is 0 Å². The number of nitrogens with one attached hydrogen (secondary N) is 1. The topological polar surface area (TPSA) is 90.4 Å². The van der Waals surface area contributed by atoms with Crippen molar-refractivity contribution in [1.29, 1.82) is 0 Å². The van der Waals surface area contributed by atoms with Gasteiger partial charge < -0.3 is 15.2 Å². The molecule has 2 rings (SSSR count). The van der Waals surface area contributed by atoms with E-state index in [2.05, 4.69) is 4.98 Å². The van der Waals surface area contributed by atoms with E-state index in [1.807, 2.05) is 0 Å². The normalized spacial score (nSPS) is 10.6. The van der Waals surface area contributed by atoms with E-state index >= 15 is 0 Å². The fraction of sp³-hybridized carbons (Fsp3) is 0. The zero-order chi connectivity index (χ0) is 11.9. The second kappa shape index (κ2) is 3.53.